The summed E-state index contributed by atoms with van der Waals surface area (Å²) in [6.45, 7) is 4.56. The molecule has 0 rings (SSSR count). The first-order valence-electron chi connectivity index (χ1n) is 38.8. The topological polar surface area (TPSA) is 237 Å². The maximum atomic E-state index is 13.1. The van der Waals surface area contributed by atoms with Crippen molar-refractivity contribution in [2.24, 2.45) is 0 Å². The average Bonchev–Trinajstić information content (AvgIpc) is 1.02. The minimum absolute atomic E-state index is 0.0774. The van der Waals surface area contributed by atoms with Crippen molar-refractivity contribution in [3.8, 4) is 0 Å². The van der Waals surface area contributed by atoms with Crippen LogP contribution >= 0.6 is 15.6 Å². The van der Waals surface area contributed by atoms with E-state index in [1.165, 1.54) is 64.2 Å². The fraction of sp³-hybridized carbons (Fsp3) is 0.704. The Morgan fingerprint density at radius 3 is 0.830 bits per heavy atom. The van der Waals surface area contributed by atoms with Crippen molar-refractivity contribution >= 4 is 39.5 Å². The molecule has 5 unspecified atom stereocenters. The van der Waals surface area contributed by atoms with Crippen LogP contribution in [0.25, 0.3) is 0 Å². The number of esters is 4. The van der Waals surface area contributed by atoms with Gasteiger partial charge in [-0.3, -0.25) is 37.3 Å². The molecule has 0 aliphatic carbocycles. The SMILES string of the molecule is CC/C=C\C/C=C\C/C=C\C/C=C\C/C=C\CCCCCC(=O)OCC(COP(=O)(O)OCC(O)COP(=O)(O)OCC(COC(=O)CCCCCC/C=C\C/C=C\C/C=C\C/C=C\CC)OC(=O)CCCCCCC/C=C\CCCCCC)OC(=O)CCCCCCCCCCCCC. The Labute approximate surface area is 606 Å². The first-order valence-corrected chi connectivity index (χ1v) is 41.8. The monoisotopic (exact) mass is 1440 g/mol. The maximum absolute atomic E-state index is 13.1. The van der Waals surface area contributed by atoms with Gasteiger partial charge in [0.2, 0.25) is 0 Å². The van der Waals surface area contributed by atoms with Crippen LogP contribution in [0.5, 0.6) is 0 Å². The van der Waals surface area contributed by atoms with Crippen molar-refractivity contribution in [3.05, 3.63) is 122 Å². The molecule has 0 fully saturated rings. The van der Waals surface area contributed by atoms with Gasteiger partial charge in [0.25, 0.3) is 0 Å². The summed E-state index contributed by atoms with van der Waals surface area (Å²) < 4.78 is 68.4. The number of phosphoric ester groups is 2. The number of aliphatic hydroxyl groups is 1. The fourth-order valence-electron chi connectivity index (χ4n) is 10.1. The minimum atomic E-state index is -4.98. The van der Waals surface area contributed by atoms with Gasteiger partial charge in [-0.25, -0.2) is 9.13 Å². The van der Waals surface area contributed by atoms with Crippen LogP contribution < -0.4 is 0 Å². The van der Waals surface area contributed by atoms with Crippen molar-refractivity contribution in [3.63, 3.8) is 0 Å². The minimum Gasteiger partial charge on any atom is -0.462 e. The van der Waals surface area contributed by atoms with E-state index in [-0.39, 0.29) is 25.7 Å². The lowest BCUT2D eigenvalue weighted by Gasteiger charge is -2.21. The van der Waals surface area contributed by atoms with E-state index in [0.717, 1.165) is 167 Å². The molecule has 0 radical (unpaired) electrons. The normalized spacial score (nSPS) is 14.6. The summed E-state index contributed by atoms with van der Waals surface area (Å²) in [5.74, 6) is -2.24. The van der Waals surface area contributed by atoms with E-state index in [0.29, 0.717) is 25.7 Å². The fourth-order valence-corrected chi connectivity index (χ4v) is 11.6. The van der Waals surface area contributed by atoms with Gasteiger partial charge in [0.1, 0.15) is 19.3 Å². The van der Waals surface area contributed by atoms with Crippen LogP contribution in [0.2, 0.25) is 0 Å². The highest BCUT2D eigenvalue weighted by Gasteiger charge is 2.30. The molecule has 574 valence electrons. The molecule has 19 heteroatoms. The van der Waals surface area contributed by atoms with Crippen molar-refractivity contribution in [1.82, 2.24) is 0 Å². The number of unbranched alkanes of at least 4 members (excludes halogenated alkanes) is 26. The number of hydrogen-bond donors (Lipinski definition) is 3. The lowest BCUT2D eigenvalue weighted by Crippen LogP contribution is -2.30. The van der Waals surface area contributed by atoms with Crippen LogP contribution in [0, 0.1) is 0 Å². The molecule has 0 heterocycles. The first-order chi connectivity index (χ1) is 48.7. The second-order valence-corrected chi connectivity index (χ2v) is 28.4. The molecule has 0 aromatic rings. The van der Waals surface area contributed by atoms with Crippen LogP contribution in [0.1, 0.15) is 310 Å². The summed E-state index contributed by atoms with van der Waals surface area (Å²) in [5, 5.41) is 10.6. The standard InChI is InChI=1S/C81H138O17P2/c1-5-9-13-17-21-25-29-32-34-36-37-39-41-44-47-50-54-58-62-66-78(83)91-71-76(97-80(85)67-63-59-55-51-45-28-24-20-16-12-8-4)73-95-99(87,88)93-69-75(82)70-94-100(89,90)96-74-77(98-81(86)68-64-60-56-52-48-42-31-27-23-19-15-11-7-3)72-92-79(84)65-61-57-53-49-46-43-40-38-35-33-30-26-22-18-14-10-6-2/h9-10,13-14,21-22,25-27,31-35,37,39-40,43-44,47,75-77,82H,5-8,11-12,15-20,23-24,28-30,36,38,41-42,45-46,48-74H2,1-4H3,(H,87,88)(H,89,90)/b13-9-,14-10-,25-21-,26-22-,31-27-,34-32-,35-33-,39-37-,43-40-,47-44-. The molecule has 0 amide bonds. The van der Waals surface area contributed by atoms with Gasteiger partial charge in [-0.05, 0) is 135 Å². The number of aliphatic hydroxyl groups excluding tert-OH is 1. The predicted molar refractivity (Wildman–Crippen MR) is 408 cm³/mol. The quantitative estimate of drug-likeness (QED) is 0.0169. The molecule has 0 aromatic carbocycles. The number of carbonyl (C=O) groups excluding carboxylic acids is 4. The van der Waals surface area contributed by atoms with Gasteiger partial charge in [0, 0.05) is 25.7 Å². The van der Waals surface area contributed by atoms with Crippen LogP contribution in [-0.4, -0.2) is 96.7 Å². The highest BCUT2D eigenvalue weighted by molar-refractivity contribution is 7.47. The summed E-state index contributed by atoms with van der Waals surface area (Å²) in [6.07, 6.45) is 79.0. The Hall–Kier alpha value is -4.54. The molecule has 3 N–H and O–H groups in total. The molecule has 0 bridgehead atoms. The van der Waals surface area contributed by atoms with Crippen LogP contribution in [0.4, 0.5) is 0 Å². The molecular formula is C81H138O17P2. The van der Waals surface area contributed by atoms with Crippen molar-refractivity contribution in [1.29, 1.82) is 0 Å². The van der Waals surface area contributed by atoms with E-state index in [1.54, 1.807) is 0 Å². The van der Waals surface area contributed by atoms with Gasteiger partial charge in [-0.15, -0.1) is 0 Å². The summed E-state index contributed by atoms with van der Waals surface area (Å²) in [5.41, 5.74) is 0. The molecule has 0 spiro atoms. The Balaban J connectivity index is 5.36. The van der Waals surface area contributed by atoms with Gasteiger partial charge in [0.15, 0.2) is 12.2 Å². The molecular weight excluding hydrogens is 1310 g/mol. The molecule has 0 saturated carbocycles. The largest absolute Gasteiger partial charge is 0.472 e. The zero-order valence-electron chi connectivity index (χ0n) is 62.6. The highest BCUT2D eigenvalue weighted by Crippen LogP contribution is 2.45. The van der Waals surface area contributed by atoms with E-state index >= 15 is 0 Å². The Morgan fingerprint density at radius 2 is 0.520 bits per heavy atom. The Bertz CT molecular complexity index is 2370. The number of carbonyl (C=O) groups is 4. The third-order valence-corrected chi connectivity index (χ3v) is 17.8. The van der Waals surface area contributed by atoms with Crippen LogP contribution in [0.3, 0.4) is 0 Å². The molecule has 0 saturated heterocycles. The molecule has 100 heavy (non-hydrogen) atoms. The Kier molecular flexibility index (Phi) is 69.5. The smallest absolute Gasteiger partial charge is 0.462 e. The molecule has 0 aromatic heterocycles. The molecule has 0 aliphatic rings. The number of rotatable bonds is 72. The zero-order chi connectivity index (χ0) is 73.2. The predicted octanol–water partition coefficient (Wildman–Crippen LogP) is 22.3. The second kappa shape index (κ2) is 72.8. The van der Waals surface area contributed by atoms with Gasteiger partial charge in [0.05, 0.1) is 26.4 Å². The van der Waals surface area contributed by atoms with Crippen molar-refractivity contribution in [2.75, 3.05) is 39.6 Å². The van der Waals surface area contributed by atoms with E-state index in [1.807, 2.05) is 0 Å². The van der Waals surface area contributed by atoms with E-state index < -0.39 is 97.5 Å². The first kappa shape index (κ1) is 95.5. The third kappa shape index (κ3) is 71.8. The van der Waals surface area contributed by atoms with Crippen molar-refractivity contribution < 1.29 is 80.2 Å². The van der Waals surface area contributed by atoms with Crippen LogP contribution in [-0.2, 0) is 65.4 Å². The van der Waals surface area contributed by atoms with E-state index in [4.69, 9.17) is 37.0 Å². The van der Waals surface area contributed by atoms with Gasteiger partial charge < -0.3 is 33.8 Å². The molecule has 0 aliphatic heterocycles. The summed E-state index contributed by atoms with van der Waals surface area (Å²) in [6, 6.07) is 0. The molecule has 17 nitrogen and oxygen atoms in total. The lowest BCUT2D eigenvalue weighted by atomic mass is 10.1. The third-order valence-electron chi connectivity index (χ3n) is 15.9. The summed E-state index contributed by atoms with van der Waals surface area (Å²) in [4.78, 5) is 72.8. The lowest BCUT2D eigenvalue weighted by molar-refractivity contribution is -0.161. The van der Waals surface area contributed by atoms with Gasteiger partial charge in [-0.2, -0.15) is 0 Å². The van der Waals surface area contributed by atoms with E-state index in [2.05, 4.69) is 149 Å². The number of allylic oxidation sites excluding steroid dienone is 20. The number of ether oxygens (including phenoxy) is 4. The average molecular weight is 1450 g/mol. The van der Waals surface area contributed by atoms with Gasteiger partial charge >= 0.3 is 39.5 Å². The highest BCUT2D eigenvalue weighted by atomic mass is 31.2. The maximum Gasteiger partial charge on any atom is 0.472 e. The van der Waals surface area contributed by atoms with Crippen LogP contribution in [0.15, 0.2) is 122 Å². The summed E-state index contributed by atoms with van der Waals surface area (Å²) >= 11 is 0. The second-order valence-electron chi connectivity index (χ2n) is 25.5. The van der Waals surface area contributed by atoms with E-state index in [9.17, 15) is 43.2 Å². The van der Waals surface area contributed by atoms with Gasteiger partial charge in [-0.1, -0.05) is 271 Å². The number of hydrogen-bond acceptors (Lipinski definition) is 15. The molecule has 5 atom stereocenters. The summed E-state index contributed by atoms with van der Waals surface area (Å²) in [7, 11) is -9.97. The Morgan fingerprint density at radius 1 is 0.290 bits per heavy atom. The number of phosphoric acid groups is 2. The van der Waals surface area contributed by atoms with Crippen molar-refractivity contribution in [2.45, 2.75) is 329 Å². The zero-order valence-corrected chi connectivity index (χ0v) is 64.4.